The van der Waals surface area contributed by atoms with Crippen molar-refractivity contribution in [1.82, 2.24) is 53.6 Å². The summed E-state index contributed by atoms with van der Waals surface area (Å²) < 4.78 is 139. The number of aromatic amines is 2. The second-order valence-electron chi connectivity index (χ2n) is 17.2. The van der Waals surface area contributed by atoms with Gasteiger partial charge in [0.2, 0.25) is 17.7 Å². The average molecular weight is 1220 g/mol. The number of ether oxygens (including phenoxy) is 4. The van der Waals surface area contributed by atoms with Crippen molar-refractivity contribution in [2.75, 3.05) is 50.4 Å². The van der Waals surface area contributed by atoms with E-state index in [1.54, 1.807) is 0 Å². The standard InChI is InChI=1S/C33H45N15O26P4S/c1-45-10-48(26-16(45)28(53)44-33(36)42-26)30-19(51)20(72-79(3,62)63)12(69-30)5-66-76(56,57)73-78(60,61)74-77(58,59)67-6-13-21(22(64-2)31(70-13)46-8-39-14-23(34)37-7-38-24(14)46)71-75(54,55)65-4-11-17(49)18(50)29(68-11)47-9-40-15-25(47)41-32(35)43-27(15)52/h7-13,17-22,29-31,49-51H,4-6H2,1-3H3,(H11-,34,35,36,37,38,41,42,43,44,52,53,54,55,56,57,58,59,60,61)/p+1/t11-,12-,13-,17+,18?,19?,20+,21+,22?,29-,30-,31-/m1/s1. The molecule has 9 rings (SSSR count). The molecule has 0 saturated carbocycles. The van der Waals surface area contributed by atoms with Crippen LogP contribution in [0.1, 0.15) is 18.7 Å². The van der Waals surface area contributed by atoms with Crippen LogP contribution in [0.2, 0.25) is 0 Å². The summed E-state index contributed by atoms with van der Waals surface area (Å²) in [4.78, 5) is 96.1. The Hall–Kier alpha value is -5.20. The molecule has 41 nitrogen and oxygen atoms in total. The smallest absolute Gasteiger partial charge is 0.387 e. The Morgan fingerprint density at radius 3 is 1.91 bits per heavy atom. The summed E-state index contributed by atoms with van der Waals surface area (Å²) in [6.45, 7) is -3.60. The molecule has 0 aromatic carbocycles. The van der Waals surface area contributed by atoms with E-state index in [1.165, 1.54) is 22.5 Å². The van der Waals surface area contributed by atoms with Crippen LogP contribution in [0, 0.1) is 0 Å². The molecule has 0 aliphatic carbocycles. The predicted octanol–water partition coefficient (Wildman–Crippen LogP) is -4.73. The van der Waals surface area contributed by atoms with E-state index in [1.807, 2.05) is 0 Å². The van der Waals surface area contributed by atoms with Crippen molar-refractivity contribution in [2.24, 2.45) is 7.05 Å². The molecule has 3 fully saturated rings. The van der Waals surface area contributed by atoms with Gasteiger partial charge < -0.3 is 71.0 Å². The molecular weight excluding hydrogens is 1180 g/mol. The zero-order valence-corrected chi connectivity index (χ0v) is 44.5. The predicted molar refractivity (Wildman–Crippen MR) is 253 cm³/mol. The Kier molecular flexibility index (Phi) is 16.0. The number of nitrogen functional groups attached to an aromatic ring is 3. The number of aryl methyl sites for hydroxylation is 1. The monoisotopic (exact) mass is 1220 g/mol. The molecule has 16 atom stereocenters. The molecule has 7 unspecified atom stereocenters. The number of nitrogens with zero attached hydrogens (tertiary/aromatic N) is 10. The van der Waals surface area contributed by atoms with Gasteiger partial charge in [0.05, 0.1) is 45.8 Å². The molecule has 6 aromatic heterocycles. The SMILES string of the molecule is COC1[C@@H](OP(=O)(O)OC[C@H]2O[C@@H](n3cnc4c(=O)[nH]c(N)nc43)C(O)[C@H]2O)[C@@H](COP(=O)(O)OP(=O)(O)OP(=O)(O)OC[C@H]2O[C@@H]([n+]3cn(C)c4c(=O)[nH]c(N)nc43)C(O)[C@H]2OS(C)(=O)=O)O[C@H]1n1cnc2c(N)ncnc21. The highest BCUT2D eigenvalue weighted by Crippen LogP contribution is 2.68. The highest BCUT2D eigenvalue weighted by molar-refractivity contribution is 7.86. The summed E-state index contributed by atoms with van der Waals surface area (Å²) in [7, 11) is -25.8. The summed E-state index contributed by atoms with van der Waals surface area (Å²) in [5, 5.41) is 32.9. The minimum Gasteiger partial charge on any atom is -0.387 e. The maximum Gasteiger partial charge on any atom is 0.490 e. The van der Waals surface area contributed by atoms with Crippen molar-refractivity contribution in [3.05, 3.63) is 46.0 Å². The number of nitrogens with one attached hydrogen (secondary N) is 2. The summed E-state index contributed by atoms with van der Waals surface area (Å²) in [5.41, 5.74) is 15.1. The van der Waals surface area contributed by atoms with Gasteiger partial charge in [-0.25, -0.2) is 42.8 Å². The lowest BCUT2D eigenvalue weighted by molar-refractivity contribution is -0.745. The van der Waals surface area contributed by atoms with Gasteiger partial charge in [-0.1, -0.05) is 4.98 Å². The molecule has 15 N–H and O–H groups in total. The molecular formula is C33H46N15O26P4S+. The minimum atomic E-state index is -6.30. The van der Waals surface area contributed by atoms with Crippen molar-refractivity contribution < 1.29 is 116 Å². The zero-order chi connectivity index (χ0) is 57.5. The van der Waals surface area contributed by atoms with Gasteiger partial charge in [0, 0.05) is 7.11 Å². The van der Waals surface area contributed by atoms with Crippen LogP contribution in [0.5, 0.6) is 0 Å². The molecule has 46 heteroatoms. The topological polar surface area (TPSA) is 585 Å². The number of nitrogens with two attached hydrogens (primary N) is 3. The van der Waals surface area contributed by atoms with Crippen molar-refractivity contribution in [1.29, 1.82) is 0 Å². The number of aliphatic hydroxyl groups is 3. The van der Waals surface area contributed by atoms with Gasteiger partial charge in [0.15, 0.2) is 41.4 Å². The van der Waals surface area contributed by atoms with Gasteiger partial charge in [-0.2, -0.15) is 22.0 Å². The Labute approximate surface area is 438 Å². The number of phosphoric ester groups is 3. The Morgan fingerprint density at radius 1 is 0.696 bits per heavy atom. The number of fused-ring (bicyclic) bond motifs is 3. The Morgan fingerprint density at radius 2 is 1.27 bits per heavy atom. The Bertz CT molecular complexity index is 3750. The van der Waals surface area contributed by atoms with E-state index in [0.717, 1.165) is 35.2 Å². The summed E-state index contributed by atoms with van der Waals surface area (Å²) in [6, 6.07) is 0. The molecule has 0 amide bonds. The van der Waals surface area contributed by atoms with Crippen LogP contribution in [0.3, 0.4) is 0 Å². The fourth-order valence-corrected chi connectivity index (χ4v) is 13.7. The van der Waals surface area contributed by atoms with Gasteiger partial charge in [-0.15, -0.1) is 0 Å². The third-order valence-corrected chi connectivity index (χ3v) is 17.6. The Balaban J connectivity index is 0.878. The molecule has 3 aliphatic heterocycles. The number of methoxy groups -OCH3 is 1. The second-order valence-corrected chi connectivity index (χ2v) is 24.9. The molecule has 434 valence electrons. The van der Waals surface area contributed by atoms with Crippen molar-refractivity contribution in [2.45, 2.75) is 73.6 Å². The zero-order valence-electron chi connectivity index (χ0n) is 40.1. The number of phosphoric acid groups is 4. The van der Waals surface area contributed by atoms with Gasteiger partial charge >= 0.3 is 36.9 Å². The maximum atomic E-state index is 13.7. The number of hydrogen-bond acceptors (Lipinski definition) is 31. The van der Waals surface area contributed by atoms with Gasteiger partial charge in [-0.3, -0.25) is 55.5 Å². The summed E-state index contributed by atoms with van der Waals surface area (Å²) in [5.74, 6) is -0.804. The number of H-pyrrole nitrogens is 2. The first kappa shape index (κ1) is 58.5. The molecule has 0 spiro atoms. The average Bonchev–Trinajstić information content (AvgIpc) is 4.40. The van der Waals surface area contributed by atoms with E-state index in [4.69, 9.17) is 58.4 Å². The van der Waals surface area contributed by atoms with Gasteiger partial charge in [-0.05, 0) is 0 Å². The first-order valence-corrected chi connectivity index (χ1v) is 29.8. The van der Waals surface area contributed by atoms with Gasteiger partial charge in [0.1, 0.15) is 66.8 Å². The van der Waals surface area contributed by atoms with Crippen LogP contribution in [0.25, 0.3) is 33.5 Å². The first-order valence-electron chi connectivity index (χ1n) is 22.0. The molecule has 3 saturated heterocycles. The van der Waals surface area contributed by atoms with E-state index >= 15 is 0 Å². The molecule has 9 heterocycles. The van der Waals surface area contributed by atoms with E-state index < -0.39 is 146 Å². The van der Waals surface area contributed by atoms with Crippen molar-refractivity contribution in [3.8, 4) is 0 Å². The second kappa shape index (κ2) is 21.6. The molecule has 3 aliphatic rings. The lowest BCUT2D eigenvalue weighted by Gasteiger charge is -2.26. The summed E-state index contributed by atoms with van der Waals surface area (Å²) >= 11 is 0. The van der Waals surface area contributed by atoms with Crippen molar-refractivity contribution in [3.63, 3.8) is 0 Å². The fraction of sp³-hybridized carbons (Fsp3) is 0.545. The van der Waals surface area contributed by atoms with Crippen LogP contribution >= 0.6 is 31.3 Å². The summed E-state index contributed by atoms with van der Waals surface area (Å²) in [6.07, 6.45) is -16.1. The quantitative estimate of drug-likeness (QED) is 0.0183. The number of aromatic nitrogens is 12. The van der Waals surface area contributed by atoms with Crippen molar-refractivity contribution >= 4 is 92.6 Å². The molecule has 0 bridgehead atoms. The number of imidazole rings is 3. The van der Waals surface area contributed by atoms with Crippen LogP contribution in [-0.4, -0.2) is 185 Å². The fourth-order valence-electron chi connectivity index (χ4n) is 8.60. The number of anilines is 3. The lowest BCUT2D eigenvalue weighted by atomic mass is 10.1. The molecule has 6 aromatic rings. The minimum absolute atomic E-state index is 0.0134. The molecule has 0 radical (unpaired) electrons. The highest BCUT2D eigenvalue weighted by atomic mass is 32.2. The van der Waals surface area contributed by atoms with Gasteiger partial charge in [0.25, 0.3) is 27.2 Å². The number of rotatable bonds is 21. The van der Waals surface area contributed by atoms with Crippen LogP contribution in [0.4, 0.5) is 17.7 Å². The van der Waals surface area contributed by atoms with E-state index in [-0.39, 0.29) is 51.2 Å². The third kappa shape index (κ3) is 12.2. The van der Waals surface area contributed by atoms with Crippen LogP contribution in [0.15, 0.2) is 34.9 Å². The highest BCUT2D eigenvalue weighted by Gasteiger charge is 2.54. The van der Waals surface area contributed by atoms with E-state index in [0.29, 0.717) is 6.26 Å². The van der Waals surface area contributed by atoms with E-state index in [2.05, 4.69) is 48.5 Å². The van der Waals surface area contributed by atoms with Crippen LogP contribution in [-0.2, 0) is 85.3 Å². The van der Waals surface area contributed by atoms with E-state index in [9.17, 15) is 71.2 Å². The first-order chi connectivity index (χ1) is 36.8. The lowest BCUT2D eigenvalue weighted by Crippen LogP contribution is -2.46. The maximum absolute atomic E-state index is 13.7. The number of hydrogen-bond donors (Lipinski definition) is 12. The molecule has 79 heavy (non-hydrogen) atoms. The normalized spacial score (nSPS) is 29.7. The third-order valence-electron chi connectivity index (χ3n) is 11.8. The van der Waals surface area contributed by atoms with Crippen LogP contribution < -0.4 is 32.9 Å². The largest absolute Gasteiger partial charge is 0.490 e. The number of aliphatic hydroxyl groups excluding tert-OH is 3.